The molecule has 0 atom stereocenters. The Morgan fingerprint density at radius 3 is 2.68 bits per heavy atom. The van der Waals surface area contributed by atoms with E-state index in [0.717, 1.165) is 5.69 Å². The van der Waals surface area contributed by atoms with Crippen LogP contribution >= 0.6 is 0 Å². The van der Waals surface area contributed by atoms with Crippen molar-refractivity contribution in [3.8, 4) is 17.7 Å². The van der Waals surface area contributed by atoms with Gasteiger partial charge in [-0.3, -0.25) is 9.78 Å². The molecule has 3 aromatic heterocycles. The lowest BCUT2D eigenvalue weighted by Gasteiger charge is -2.04. The zero-order valence-electron chi connectivity index (χ0n) is 14.8. The van der Waals surface area contributed by atoms with Crippen molar-refractivity contribution >= 4 is 17.4 Å². The van der Waals surface area contributed by atoms with E-state index in [1.165, 1.54) is 4.52 Å². The lowest BCUT2D eigenvalue weighted by molar-refractivity contribution is 0.102. The van der Waals surface area contributed by atoms with Crippen molar-refractivity contribution in [2.45, 2.75) is 6.92 Å². The van der Waals surface area contributed by atoms with Crippen LogP contribution in [0.5, 0.6) is 11.6 Å². The second-order valence-electron chi connectivity index (χ2n) is 5.98. The molecule has 4 aromatic rings. The molecule has 28 heavy (non-hydrogen) atoms. The van der Waals surface area contributed by atoms with E-state index in [1.807, 2.05) is 25.1 Å². The zero-order valence-corrected chi connectivity index (χ0v) is 14.8. The molecule has 0 radical (unpaired) electrons. The lowest BCUT2D eigenvalue weighted by Crippen LogP contribution is -2.11. The number of carbonyl (C=O) groups is 1. The van der Waals surface area contributed by atoms with Crippen LogP contribution in [0, 0.1) is 18.3 Å². The van der Waals surface area contributed by atoms with Crippen molar-refractivity contribution in [3.63, 3.8) is 0 Å². The average molecular weight is 370 g/mol. The van der Waals surface area contributed by atoms with Gasteiger partial charge in [-0.25, -0.2) is 9.50 Å². The maximum Gasteiger partial charge on any atom is 0.256 e. The number of pyridine rings is 1. The number of amides is 1. The molecule has 1 amide bonds. The highest BCUT2D eigenvalue weighted by Crippen LogP contribution is 2.19. The highest BCUT2D eigenvalue weighted by molar-refractivity contribution is 6.03. The molecule has 3 heterocycles. The van der Waals surface area contributed by atoms with Gasteiger partial charge in [0.1, 0.15) is 5.75 Å². The molecule has 8 heteroatoms. The summed E-state index contributed by atoms with van der Waals surface area (Å²) in [6, 6.07) is 15.4. The number of nitriles is 1. The second-order valence-corrected chi connectivity index (χ2v) is 5.98. The summed E-state index contributed by atoms with van der Waals surface area (Å²) in [5.41, 5.74) is 2.38. The number of rotatable bonds is 4. The highest BCUT2D eigenvalue weighted by atomic mass is 16.5. The van der Waals surface area contributed by atoms with Crippen molar-refractivity contribution in [1.82, 2.24) is 19.6 Å². The van der Waals surface area contributed by atoms with Crippen molar-refractivity contribution < 1.29 is 9.53 Å². The van der Waals surface area contributed by atoms with Gasteiger partial charge in [0.25, 0.3) is 5.91 Å². The van der Waals surface area contributed by atoms with E-state index in [0.29, 0.717) is 34.2 Å². The van der Waals surface area contributed by atoms with E-state index in [-0.39, 0.29) is 5.91 Å². The number of aromatic nitrogens is 4. The third-order valence-electron chi connectivity index (χ3n) is 3.92. The molecule has 0 fully saturated rings. The maximum absolute atomic E-state index is 12.3. The SMILES string of the molecule is Cc1ccc(Oc2ccc3nc(NC(=O)c4ccc(C#N)cc4)cn3n2)cn1. The van der Waals surface area contributed by atoms with Gasteiger partial charge in [0.2, 0.25) is 5.88 Å². The monoisotopic (exact) mass is 370 g/mol. The van der Waals surface area contributed by atoms with Gasteiger partial charge in [-0.2, -0.15) is 5.26 Å². The molecular formula is C20H14N6O2. The Balaban J connectivity index is 1.51. The van der Waals surface area contributed by atoms with Crippen LogP contribution in [0.15, 0.2) is 60.9 Å². The van der Waals surface area contributed by atoms with Crippen LogP contribution in [0.3, 0.4) is 0 Å². The van der Waals surface area contributed by atoms with Crippen molar-refractivity contribution in [1.29, 1.82) is 5.26 Å². The minimum Gasteiger partial charge on any atom is -0.436 e. The van der Waals surface area contributed by atoms with E-state index in [9.17, 15) is 4.79 Å². The third-order valence-corrected chi connectivity index (χ3v) is 3.92. The first-order chi connectivity index (χ1) is 13.6. The number of ether oxygens (including phenoxy) is 1. The largest absolute Gasteiger partial charge is 0.436 e. The van der Waals surface area contributed by atoms with Crippen LogP contribution in [0.2, 0.25) is 0 Å². The predicted molar refractivity (Wildman–Crippen MR) is 101 cm³/mol. The van der Waals surface area contributed by atoms with Crippen molar-refractivity contribution in [2.75, 3.05) is 5.32 Å². The zero-order chi connectivity index (χ0) is 19.5. The molecule has 0 unspecified atom stereocenters. The molecular weight excluding hydrogens is 356 g/mol. The molecule has 0 aliphatic heterocycles. The molecule has 0 bridgehead atoms. The Morgan fingerprint density at radius 1 is 1.14 bits per heavy atom. The molecule has 8 nitrogen and oxygen atoms in total. The standard InChI is InChI=1S/C20H14N6O2/c1-13-2-7-16(11-22-13)28-19-9-8-18-23-17(12-26(18)25-19)24-20(27)15-5-3-14(10-21)4-6-15/h2-9,11-12H,1H3,(H,24,27). The van der Waals surface area contributed by atoms with Gasteiger partial charge >= 0.3 is 0 Å². The van der Waals surface area contributed by atoms with E-state index in [1.54, 1.807) is 48.8 Å². The lowest BCUT2D eigenvalue weighted by atomic mass is 10.1. The smallest absolute Gasteiger partial charge is 0.256 e. The fourth-order valence-corrected chi connectivity index (χ4v) is 2.50. The Hall–Kier alpha value is -4.25. The summed E-state index contributed by atoms with van der Waals surface area (Å²) in [4.78, 5) is 20.8. The molecule has 0 aliphatic rings. The summed E-state index contributed by atoms with van der Waals surface area (Å²) in [6.45, 7) is 1.90. The first-order valence-corrected chi connectivity index (χ1v) is 8.39. The number of carbonyl (C=O) groups excluding carboxylic acids is 1. The number of hydrogen-bond donors (Lipinski definition) is 1. The van der Waals surface area contributed by atoms with Gasteiger partial charge in [-0.1, -0.05) is 0 Å². The first-order valence-electron chi connectivity index (χ1n) is 8.39. The second kappa shape index (κ2) is 7.17. The molecule has 1 N–H and O–H groups in total. The number of anilines is 1. The Labute approximate surface area is 160 Å². The van der Waals surface area contributed by atoms with Gasteiger partial charge in [-0.05, 0) is 49.4 Å². The normalized spacial score (nSPS) is 10.4. The molecule has 4 rings (SSSR count). The summed E-state index contributed by atoms with van der Waals surface area (Å²) in [7, 11) is 0. The number of hydrogen-bond acceptors (Lipinski definition) is 6. The summed E-state index contributed by atoms with van der Waals surface area (Å²) >= 11 is 0. The summed E-state index contributed by atoms with van der Waals surface area (Å²) < 4.78 is 7.21. The van der Waals surface area contributed by atoms with Gasteiger partial charge in [0.15, 0.2) is 11.5 Å². The topological polar surface area (TPSA) is 105 Å². The average Bonchev–Trinajstić information content (AvgIpc) is 3.11. The van der Waals surface area contributed by atoms with Crippen LogP contribution < -0.4 is 10.1 Å². The fraction of sp³-hybridized carbons (Fsp3) is 0.0500. The minimum atomic E-state index is -0.324. The summed E-state index contributed by atoms with van der Waals surface area (Å²) in [5, 5.41) is 15.9. The van der Waals surface area contributed by atoms with Crippen LogP contribution in [0.1, 0.15) is 21.6 Å². The summed E-state index contributed by atoms with van der Waals surface area (Å²) in [6.07, 6.45) is 3.22. The van der Waals surface area contributed by atoms with Crippen LogP contribution in [0.4, 0.5) is 5.82 Å². The first kappa shape index (κ1) is 17.2. The summed E-state index contributed by atoms with van der Waals surface area (Å²) in [5.74, 6) is 0.985. The van der Waals surface area contributed by atoms with Gasteiger partial charge in [0, 0.05) is 17.3 Å². The number of benzene rings is 1. The maximum atomic E-state index is 12.3. The van der Waals surface area contributed by atoms with E-state index >= 15 is 0 Å². The minimum absolute atomic E-state index is 0.324. The quantitative estimate of drug-likeness (QED) is 0.591. The predicted octanol–water partition coefficient (Wildman–Crippen LogP) is 3.35. The number of nitrogens with one attached hydrogen (secondary N) is 1. The number of fused-ring (bicyclic) bond motifs is 1. The van der Waals surface area contributed by atoms with Crippen molar-refractivity contribution in [2.24, 2.45) is 0 Å². The van der Waals surface area contributed by atoms with Crippen molar-refractivity contribution in [3.05, 3.63) is 77.7 Å². The van der Waals surface area contributed by atoms with Gasteiger partial charge < -0.3 is 10.1 Å². The van der Waals surface area contributed by atoms with E-state index in [4.69, 9.17) is 10.00 Å². The fourth-order valence-electron chi connectivity index (χ4n) is 2.50. The van der Waals surface area contributed by atoms with E-state index in [2.05, 4.69) is 20.4 Å². The third kappa shape index (κ3) is 3.64. The van der Waals surface area contributed by atoms with Crippen LogP contribution in [0.25, 0.3) is 5.65 Å². The molecule has 0 saturated carbocycles. The molecule has 0 spiro atoms. The molecule has 1 aromatic carbocycles. The van der Waals surface area contributed by atoms with Crippen LogP contribution in [-0.2, 0) is 0 Å². The Morgan fingerprint density at radius 2 is 1.96 bits per heavy atom. The highest BCUT2D eigenvalue weighted by Gasteiger charge is 2.10. The molecule has 0 saturated heterocycles. The Kier molecular flexibility index (Phi) is 4.40. The number of imidazole rings is 1. The van der Waals surface area contributed by atoms with Gasteiger partial charge in [0.05, 0.1) is 24.0 Å². The Bertz CT molecular complexity index is 1190. The molecule has 0 aliphatic carbocycles. The molecule has 136 valence electrons. The number of nitrogens with zero attached hydrogens (tertiary/aromatic N) is 5. The van der Waals surface area contributed by atoms with E-state index < -0.39 is 0 Å². The van der Waals surface area contributed by atoms with Crippen LogP contribution in [-0.4, -0.2) is 25.5 Å². The number of aryl methyl sites for hydroxylation is 1. The van der Waals surface area contributed by atoms with Gasteiger partial charge in [-0.15, -0.1) is 5.10 Å².